The third-order valence-corrected chi connectivity index (χ3v) is 3.23. The van der Waals surface area contributed by atoms with E-state index in [1.54, 1.807) is 20.8 Å². The van der Waals surface area contributed by atoms with Crippen LogP contribution in [0.15, 0.2) is 18.2 Å². The van der Waals surface area contributed by atoms with Gasteiger partial charge < -0.3 is 10.4 Å². The van der Waals surface area contributed by atoms with Crippen LogP contribution in [0.4, 0.5) is 5.69 Å². The average molecular weight is 266 g/mol. The number of rotatable bonds is 4. The van der Waals surface area contributed by atoms with Crippen molar-refractivity contribution in [2.24, 2.45) is 0 Å². The number of hydrogen-bond donors (Lipinski definition) is 2. The molecular weight excluding hydrogens is 248 g/mol. The third-order valence-electron chi connectivity index (χ3n) is 3.23. The molecular formula is C13H18N2O4. The van der Waals surface area contributed by atoms with Gasteiger partial charge in [0.05, 0.1) is 16.6 Å². The molecule has 19 heavy (non-hydrogen) atoms. The van der Waals surface area contributed by atoms with Crippen LogP contribution < -0.4 is 5.32 Å². The summed E-state index contributed by atoms with van der Waals surface area (Å²) in [5, 5.41) is 23.1. The molecule has 0 saturated heterocycles. The van der Waals surface area contributed by atoms with E-state index in [-0.39, 0.29) is 11.3 Å². The first kappa shape index (κ1) is 15.1. The predicted octanol–water partition coefficient (Wildman–Crippen LogP) is 1.79. The highest BCUT2D eigenvalue weighted by Gasteiger charge is 2.28. The number of nitro benzene ring substituents is 1. The minimum absolute atomic E-state index is 0.0949. The van der Waals surface area contributed by atoms with Crippen LogP contribution in [0.2, 0.25) is 0 Å². The summed E-state index contributed by atoms with van der Waals surface area (Å²) < 4.78 is 0. The topological polar surface area (TPSA) is 92.5 Å². The van der Waals surface area contributed by atoms with Gasteiger partial charge in [0.25, 0.3) is 11.6 Å². The van der Waals surface area contributed by atoms with E-state index >= 15 is 0 Å². The summed E-state index contributed by atoms with van der Waals surface area (Å²) in [4.78, 5) is 22.4. The monoisotopic (exact) mass is 266 g/mol. The van der Waals surface area contributed by atoms with Gasteiger partial charge in [-0.25, -0.2) is 0 Å². The number of aliphatic hydroxyl groups excluding tert-OH is 1. The molecule has 1 unspecified atom stereocenters. The molecule has 0 aliphatic heterocycles. The van der Waals surface area contributed by atoms with Gasteiger partial charge in [-0.3, -0.25) is 14.9 Å². The van der Waals surface area contributed by atoms with Crippen molar-refractivity contribution >= 4 is 11.6 Å². The SMILES string of the molecule is Cc1c(C(=O)NC(C)(C)C(C)O)cccc1[N+](=O)[O-]. The molecule has 0 aliphatic rings. The molecule has 1 rings (SSSR count). The van der Waals surface area contributed by atoms with Gasteiger partial charge in [-0.05, 0) is 33.8 Å². The van der Waals surface area contributed by atoms with Crippen molar-refractivity contribution in [2.75, 3.05) is 0 Å². The number of nitro groups is 1. The van der Waals surface area contributed by atoms with E-state index in [0.29, 0.717) is 5.56 Å². The number of nitrogens with zero attached hydrogens (tertiary/aromatic N) is 1. The smallest absolute Gasteiger partial charge is 0.273 e. The van der Waals surface area contributed by atoms with Crippen LogP contribution in [-0.2, 0) is 0 Å². The van der Waals surface area contributed by atoms with E-state index in [2.05, 4.69) is 5.32 Å². The van der Waals surface area contributed by atoms with Crippen LogP contribution in [0.1, 0.15) is 36.7 Å². The lowest BCUT2D eigenvalue weighted by Gasteiger charge is -2.29. The standard InChI is InChI=1S/C13H18N2O4/c1-8-10(6-5-7-11(8)15(18)19)12(17)14-13(3,4)9(2)16/h5-7,9,16H,1-4H3,(H,14,17). The number of nitrogens with one attached hydrogen (secondary N) is 1. The van der Waals surface area contributed by atoms with E-state index in [1.807, 2.05) is 0 Å². The molecule has 0 radical (unpaired) electrons. The summed E-state index contributed by atoms with van der Waals surface area (Å²) in [5.41, 5.74) is -0.356. The molecule has 6 heteroatoms. The highest BCUT2D eigenvalue weighted by molar-refractivity contribution is 5.97. The van der Waals surface area contributed by atoms with Crippen LogP contribution in [0.25, 0.3) is 0 Å². The van der Waals surface area contributed by atoms with E-state index in [0.717, 1.165) is 0 Å². The molecule has 6 nitrogen and oxygen atoms in total. The molecule has 2 N–H and O–H groups in total. The lowest BCUT2D eigenvalue weighted by atomic mass is 9.97. The van der Waals surface area contributed by atoms with Crippen molar-refractivity contribution < 1.29 is 14.8 Å². The Bertz CT molecular complexity index is 509. The van der Waals surface area contributed by atoms with Crippen LogP contribution >= 0.6 is 0 Å². The minimum atomic E-state index is -0.811. The molecule has 0 heterocycles. The maximum atomic E-state index is 12.1. The molecule has 0 aromatic heterocycles. The minimum Gasteiger partial charge on any atom is -0.391 e. The van der Waals surface area contributed by atoms with Gasteiger partial charge in [0.2, 0.25) is 0 Å². The highest BCUT2D eigenvalue weighted by atomic mass is 16.6. The largest absolute Gasteiger partial charge is 0.391 e. The van der Waals surface area contributed by atoms with Gasteiger partial charge in [-0.1, -0.05) is 6.07 Å². The Kier molecular flexibility index (Phi) is 4.26. The fourth-order valence-electron chi connectivity index (χ4n) is 1.53. The van der Waals surface area contributed by atoms with Gasteiger partial charge in [0, 0.05) is 17.2 Å². The highest BCUT2D eigenvalue weighted by Crippen LogP contribution is 2.21. The summed E-state index contributed by atoms with van der Waals surface area (Å²) in [6, 6.07) is 4.34. The Morgan fingerprint density at radius 3 is 2.53 bits per heavy atom. The molecule has 1 atom stereocenters. The number of carbonyl (C=O) groups is 1. The van der Waals surface area contributed by atoms with Crippen molar-refractivity contribution in [1.29, 1.82) is 0 Å². The second kappa shape index (κ2) is 5.36. The quantitative estimate of drug-likeness (QED) is 0.642. The third kappa shape index (κ3) is 3.29. The van der Waals surface area contributed by atoms with Crippen LogP contribution in [0.5, 0.6) is 0 Å². The summed E-state index contributed by atoms with van der Waals surface area (Å²) in [5.74, 6) is -0.438. The Hall–Kier alpha value is -1.95. The van der Waals surface area contributed by atoms with Crippen molar-refractivity contribution in [3.8, 4) is 0 Å². The lowest BCUT2D eigenvalue weighted by Crippen LogP contribution is -2.51. The summed E-state index contributed by atoms with van der Waals surface area (Å²) in [6.45, 7) is 6.47. The molecule has 1 aromatic carbocycles. The van der Waals surface area contributed by atoms with Crippen molar-refractivity contribution in [3.63, 3.8) is 0 Å². The average Bonchev–Trinajstić information content (AvgIpc) is 2.27. The summed E-state index contributed by atoms with van der Waals surface area (Å²) in [7, 11) is 0. The fraction of sp³-hybridized carbons (Fsp3) is 0.462. The zero-order chi connectivity index (χ0) is 14.8. The van der Waals surface area contributed by atoms with Crippen LogP contribution in [-0.4, -0.2) is 27.6 Å². The van der Waals surface area contributed by atoms with E-state index in [4.69, 9.17) is 0 Å². The second-order valence-corrected chi connectivity index (χ2v) is 5.06. The number of benzene rings is 1. The summed E-state index contributed by atoms with van der Waals surface area (Å²) in [6.07, 6.45) is -0.740. The number of hydrogen-bond acceptors (Lipinski definition) is 4. The number of amides is 1. The molecule has 1 amide bonds. The number of carbonyl (C=O) groups excluding carboxylic acids is 1. The zero-order valence-corrected chi connectivity index (χ0v) is 11.4. The lowest BCUT2D eigenvalue weighted by molar-refractivity contribution is -0.385. The first-order valence-electron chi connectivity index (χ1n) is 5.91. The molecule has 0 fully saturated rings. The predicted molar refractivity (Wildman–Crippen MR) is 71.1 cm³/mol. The number of aliphatic hydroxyl groups is 1. The zero-order valence-electron chi connectivity index (χ0n) is 11.4. The second-order valence-electron chi connectivity index (χ2n) is 5.06. The van der Waals surface area contributed by atoms with Crippen LogP contribution in [0.3, 0.4) is 0 Å². The Morgan fingerprint density at radius 1 is 1.47 bits per heavy atom. The first-order chi connectivity index (χ1) is 8.66. The van der Waals surface area contributed by atoms with Gasteiger partial charge in [0.1, 0.15) is 0 Å². The Morgan fingerprint density at radius 2 is 2.05 bits per heavy atom. The fourth-order valence-corrected chi connectivity index (χ4v) is 1.53. The molecule has 104 valence electrons. The van der Waals surface area contributed by atoms with Crippen molar-refractivity contribution in [2.45, 2.75) is 39.3 Å². The van der Waals surface area contributed by atoms with Gasteiger partial charge in [0.15, 0.2) is 0 Å². The maximum Gasteiger partial charge on any atom is 0.273 e. The molecule has 0 bridgehead atoms. The Labute approximate surface area is 111 Å². The molecule has 0 spiro atoms. The van der Waals surface area contributed by atoms with Crippen molar-refractivity contribution in [1.82, 2.24) is 5.32 Å². The normalized spacial score (nSPS) is 12.9. The molecule has 0 saturated carbocycles. The van der Waals surface area contributed by atoms with Gasteiger partial charge in [-0.2, -0.15) is 0 Å². The Balaban J connectivity index is 3.08. The van der Waals surface area contributed by atoms with E-state index in [1.165, 1.54) is 25.1 Å². The molecule has 1 aromatic rings. The maximum absolute atomic E-state index is 12.1. The molecule has 0 aliphatic carbocycles. The van der Waals surface area contributed by atoms with Crippen molar-refractivity contribution in [3.05, 3.63) is 39.4 Å². The van der Waals surface area contributed by atoms with Gasteiger partial charge >= 0.3 is 0 Å². The van der Waals surface area contributed by atoms with E-state index < -0.39 is 22.5 Å². The summed E-state index contributed by atoms with van der Waals surface area (Å²) >= 11 is 0. The van der Waals surface area contributed by atoms with Gasteiger partial charge in [-0.15, -0.1) is 0 Å². The first-order valence-corrected chi connectivity index (χ1v) is 5.91. The van der Waals surface area contributed by atoms with E-state index in [9.17, 15) is 20.0 Å². The van der Waals surface area contributed by atoms with Crippen LogP contribution in [0, 0.1) is 17.0 Å².